The maximum atomic E-state index is 12.7. The summed E-state index contributed by atoms with van der Waals surface area (Å²) in [4.78, 5) is 35.2. The first-order valence-electron chi connectivity index (χ1n) is 31.7. The van der Waals surface area contributed by atoms with E-state index in [1.165, 1.54) is 128 Å². The van der Waals surface area contributed by atoms with E-state index in [0.29, 0.717) is 6.42 Å². The number of phosphoric ester groups is 1. The zero-order chi connectivity index (χ0) is 57.3. The molecule has 3 N–H and O–H groups in total. The molecule has 0 aliphatic heterocycles. The third-order valence-electron chi connectivity index (χ3n) is 13.0. The van der Waals surface area contributed by atoms with E-state index in [9.17, 15) is 19.0 Å². The zero-order valence-electron chi connectivity index (χ0n) is 50.3. The van der Waals surface area contributed by atoms with Gasteiger partial charge in [-0.3, -0.25) is 18.6 Å². The molecule has 0 heterocycles. The number of nitrogens with two attached hydrogens (primary N) is 1. The van der Waals surface area contributed by atoms with Gasteiger partial charge in [0.2, 0.25) is 0 Å². The summed E-state index contributed by atoms with van der Waals surface area (Å²) in [5.74, 6) is -0.883. The highest BCUT2D eigenvalue weighted by Crippen LogP contribution is 2.43. The lowest BCUT2D eigenvalue weighted by Crippen LogP contribution is -2.29. The van der Waals surface area contributed by atoms with Gasteiger partial charge in [0.15, 0.2) is 6.10 Å². The van der Waals surface area contributed by atoms with Crippen molar-refractivity contribution in [1.82, 2.24) is 0 Å². The van der Waals surface area contributed by atoms with Gasteiger partial charge in [0, 0.05) is 19.4 Å². The van der Waals surface area contributed by atoms with Gasteiger partial charge in [0.1, 0.15) is 6.61 Å². The van der Waals surface area contributed by atoms with E-state index in [1.807, 2.05) is 0 Å². The molecule has 0 bridgehead atoms. The zero-order valence-corrected chi connectivity index (χ0v) is 51.2. The Hall–Kier alpha value is -3.85. The largest absolute Gasteiger partial charge is 0.472 e. The van der Waals surface area contributed by atoms with Gasteiger partial charge in [0.25, 0.3) is 0 Å². The smallest absolute Gasteiger partial charge is 0.462 e. The van der Waals surface area contributed by atoms with Crippen LogP contribution < -0.4 is 5.73 Å². The molecule has 0 aliphatic rings. The number of carbonyl (C=O) groups excluding carboxylic acids is 2. The van der Waals surface area contributed by atoms with Crippen molar-refractivity contribution in [1.29, 1.82) is 0 Å². The number of esters is 2. The molecule has 79 heavy (non-hydrogen) atoms. The van der Waals surface area contributed by atoms with E-state index in [2.05, 4.69) is 148 Å². The van der Waals surface area contributed by atoms with Crippen LogP contribution in [0.25, 0.3) is 0 Å². The van der Waals surface area contributed by atoms with Crippen LogP contribution in [0.2, 0.25) is 0 Å². The minimum atomic E-state index is -4.41. The first-order chi connectivity index (χ1) is 38.8. The normalized spacial score (nSPS) is 13.9. The summed E-state index contributed by atoms with van der Waals surface area (Å²) in [6.45, 7) is 3.58. The molecule has 0 rings (SSSR count). The van der Waals surface area contributed by atoms with Crippen molar-refractivity contribution >= 4 is 19.8 Å². The van der Waals surface area contributed by atoms with E-state index in [4.69, 9.17) is 24.3 Å². The predicted octanol–water partition coefficient (Wildman–Crippen LogP) is 20.5. The number of phosphoric acid groups is 1. The summed E-state index contributed by atoms with van der Waals surface area (Å²) in [7, 11) is -4.41. The Bertz CT molecular complexity index is 1750. The molecule has 9 nitrogen and oxygen atoms in total. The topological polar surface area (TPSA) is 134 Å². The summed E-state index contributed by atoms with van der Waals surface area (Å²) in [6.07, 6.45) is 89.5. The van der Waals surface area contributed by atoms with Crippen LogP contribution in [0.5, 0.6) is 0 Å². The maximum absolute atomic E-state index is 12.7. The van der Waals surface area contributed by atoms with Crippen LogP contribution in [0, 0.1) is 0 Å². The van der Waals surface area contributed by atoms with Gasteiger partial charge in [-0.15, -0.1) is 0 Å². The number of carbonyl (C=O) groups is 2. The van der Waals surface area contributed by atoms with Crippen LogP contribution in [0.3, 0.4) is 0 Å². The van der Waals surface area contributed by atoms with Crippen molar-refractivity contribution in [2.75, 3.05) is 26.4 Å². The third-order valence-corrected chi connectivity index (χ3v) is 14.0. The average molecular weight is 1120 g/mol. The molecule has 10 heteroatoms. The van der Waals surface area contributed by atoms with Gasteiger partial charge in [-0.2, -0.15) is 0 Å². The molecule has 2 unspecified atom stereocenters. The standard InChI is InChI=1S/C69H116NO8P/c1-3-5-7-9-11-13-15-17-19-21-23-25-27-29-30-31-32-33-34-35-36-38-40-42-44-46-48-50-52-54-56-58-60-62-69(72)78-67(66-77-79(73,74)76-64-63-70)65-75-68(71)61-59-57-55-53-51-49-47-45-43-41-39-37-28-26-24-22-20-18-16-14-12-10-8-6-4-2/h5,7,11,13,17,19,22-25,29-30,32-33,35-36,40,42,46,48,52,54,67H,3-4,6,8-10,12,14-16,18,20-21,26-28,31,34,37-39,41,43-45,47,49-51,53,55-66,70H2,1-2H3,(H,73,74)/b7-5-,13-11-,19-17-,24-22-,25-23-,30-29-,33-32-,36-35-,42-40-,48-46-,54-52-. The van der Waals surface area contributed by atoms with Crippen LogP contribution in [0.1, 0.15) is 258 Å². The number of hydrogen-bond donors (Lipinski definition) is 2. The van der Waals surface area contributed by atoms with E-state index in [-0.39, 0.29) is 32.6 Å². The van der Waals surface area contributed by atoms with Crippen molar-refractivity contribution in [3.63, 3.8) is 0 Å². The first-order valence-corrected chi connectivity index (χ1v) is 33.2. The molecule has 2 atom stereocenters. The van der Waals surface area contributed by atoms with Crippen LogP contribution in [0.4, 0.5) is 0 Å². The van der Waals surface area contributed by atoms with Crippen LogP contribution in [-0.4, -0.2) is 49.3 Å². The van der Waals surface area contributed by atoms with Crippen molar-refractivity contribution in [3.8, 4) is 0 Å². The van der Waals surface area contributed by atoms with Crippen molar-refractivity contribution in [3.05, 3.63) is 134 Å². The molecule has 0 saturated heterocycles. The van der Waals surface area contributed by atoms with Crippen molar-refractivity contribution in [2.45, 2.75) is 264 Å². The van der Waals surface area contributed by atoms with E-state index in [0.717, 1.165) is 96.3 Å². The second kappa shape index (κ2) is 63.3. The molecule has 0 radical (unpaired) electrons. The van der Waals surface area contributed by atoms with Crippen molar-refractivity contribution in [2.24, 2.45) is 5.73 Å². The number of unbranched alkanes of at least 4 members (excludes halogenated alkanes) is 23. The molecule has 0 aromatic rings. The highest BCUT2D eigenvalue weighted by Gasteiger charge is 2.26. The molecular formula is C69H116NO8P. The molecule has 0 amide bonds. The number of allylic oxidation sites excluding steroid dienone is 22. The van der Waals surface area contributed by atoms with E-state index >= 15 is 0 Å². The Kier molecular flexibility index (Phi) is 60.2. The third kappa shape index (κ3) is 63.2. The SMILES string of the molecule is CC/C=C\C/C=C\C/C=C\C/C=C\C/C=C\C/C=C\C/C=C\C/C=C\C/C=C\C/C=C\CCCCC(=O)OC(COC(=O)CCCCCCCCCCCCCCC/C=C\CCCCCCCCCC)COP(=O)(O)OCCN. The van der Waals surface area contributed by atoms with Crippen LogP contribution in [0.15, 0.2) is 134 Å². The minimum Gasteiger partial charge on any atom is -0.462 e. The average Bonchev–Trinajstić information content (AvgIpc) is 3.44. The van der Waals surface area contributed by atoms with Crippen LogP contribution >= 0.6 is 7.82 Å². The van der Waals surface area contributed by atoms with Gasteiger partial charge >= 0.3 is 19.8 Å². The second-order valence-corrected chi connectivity index (χ2v) is 22.0. The first kappa shape index (κ1) is 75.2. The Morgan fingerprint density at radius 2 is 0.696 bits per heavy atom. The molecule has 0 aromatic heterocycles. The van der Waals surface area contributed by atoms with E-state index < -0.39 is 32.5 Å². The highest BCUT2D eigenvalue weighted by atomic mass is 31.2. The van der Waals surface area contributed by atoms with Gasteiger partial charge < -0.3 is 20.1 Å². The lowest BCUT2D eigenvalue weighted by atomic mass is 10.0. The quantitative estimate of drug-likeness (QED) is 0.0264. The van der Waals surface area contributed by atoms with Crippen molar-refractivity contribution < 1.29 is 37.6 Å². The Morgan fingerprint density at radius 1 is 0.392 bits per heavy atom. The molecule has 0 aliphatic carbocycles. The molecule has 0 fully saturated rings. The fourth-order valence-corrected chi connectivity index (χ4v) is 9.13. The van der Waals surface area contributed by atoms with Gasteiger partial charge in [0.05, 0.1) is 13.2 Å². The summed E-state index contributed by atoms with van der Waals surface area (Å²) in [6, 6.07) is 0. The van der Waals surface area contributed by atoms with Gasteiger partial charge in [-0.05, 0) is 116 Å². The molecule has 0 spiro atoms. The van der Waals surface area contributed by atoms with Gasteiger partial charge in [-0.1, -0.05) is 263 Å². The Morgan fingerprint density at radius 3 is 1.08 bits per heavy atom. The number of rotatable bonds is 58. The molecule has 450 valence electrons. The summed E-state index contributed by atoms with van der Waals surface area (Å²) >= 11 is 0. The number of hydrogen-bond acceptors (Lipinski definition) is 8. The Labute approximate surface area is 484 Å². The van der Waals surface area contributed by atoms with Gasteiger partial charge in [-0.25, -0.2) is 4.57 Å². The minimum absolute atomic E-state index is 0.0396. The fourth-order valence-electron chi connectivity index (χ4n) is 8.36. The summed E-state index contributed by atoms with van der Waals surface area (Å²) in [5.41, 5.74) is 5.39. The van der Waals surface area contributed by atoms with Crippen LogP contribution in [-0.2, 0) is 32.7 Å². The fraction of sp³-hybridized carbons (Fsp3) is 0.652. The molecule has 0 saturated carbocycles. The maximum Gasteiger partial charge on any atom is 0.472 e. The molecule has 0 aromatic carbocycles. The van der Waals surface area contributed by atoms with E-state index in [1.54, 1.807) is 0 Å². The summed E-state index contributed by atoms with van der Waals surface area (Å²) in [5, 5.41) is 0. The molecular weight excluding hydrogens is 1000 g/mol. The Balaban J connectivity index is 4.08. The lowest BCUT2D eigenvalue weighted by Gasteiger charge is -2.19. The predicted molar refractivity (Wildman–Crippen MR) is 339 cm³/mol. The highest BCUT2D eigenvalue weighted by molar-refractivity contribution is 7.47. The summed E-state index contributed by atoms with van der Waals surface area (Å²) < 4.78 is 33.0. The second-order valence-electron chi connectivity index (χ2n) is 20.5. The lowest BCUT2D eigenvalue weighted by molar-refractivity contribution is -0.161. The monoisotopic (exact) mass is 1120 g/mol. The number of ether oxygens (including phenoxy) is 2.